The molecule has 1 aliphatic heterocycles. The van der Waals surface area contributed by atoms with E-state index in [1.807, 2.05) is 49.1 Å². The number of carbonyl (C=O) groups is 3. The minimum absolute atomic E-state index is 0.0277. The lowest BCUT2D eigenvalue weighted by atomic mass is 9.90. The Bertz CT molecular complexity index is 1540. The number of ether oxygens (including phenoxy) is 1. The van der Waals surface area contributed by atoms with Gasteiger partial charge in [-0.2, -0.15) is 0 Å². The van der Waals surface area contributed by atoms with Gasteiger partial charge in [0.05, 0.1) is 13.7 Å². The molecule has 4 rings (SSSR count). The van der Waals surface area contributed by atoms with Crippen LogP contribution in [-0.2, 0) is 16.1 Å². The fourth-order valence-electron chi connectivity index (χ4n) is 4.91. The van der Waals surface area contributed by atoms with Gasteiger partial charge >= 0.3 is 6.03 Å². The molecule has 9 nitrogen and oxygen atoms in total. The molecule has 0 aromatic heterocycles. The third-order valence-corrected chi connectivity index (χ3v) is 7.31. The zero-order chi connectivity index (χ0) is 29.8. The van der Waals surface area contributed by atoms with E-state index in [0.717, 1.165) is 38.9 Å². The van der Waals surface area contributed by atoms with Crippen molar-refractivity contribution in [3.05, 3.63) is 71.0 Å². The quantitative estimate of drug-likeness (QED) is 0.375. The molecule has 3 aromatic rings. The summed E-state index contributed by atoms with van der Waals surface area (Å²) in [6, 6.07) is 13.8. The summed E-state index contributed by atoms with van der Waals surface area (Å²) in [5, 5.41) is 12.0. The van der Waals surface area contributed by atoms with E-state index < -0.39 is 29.6 Å². The molecule has 0 saturated carbocycles. The van der Waals surface area contributed by atoms with Gasteiger partial charge in [-0.1, -0.05) is 30.3 Å². The van der Waals surface area contributed by atoms with Crippen LogP contribution in [0.5, 0.6) is 5.75 Å². The average Bonchev–Trinajstić information content (AvgIpc) is 2.94. The summed E-state index contributed by atoms with van der Waals surface area (Å²) in [6.45, 7) is 4.49. The number of aliphatic imine (C=N–C) groups is 1. The lowest BCUT2D eigenvalue weighted by molar-refractivity contribution is -0.134. The lowest BCUT2D eigenvalue weighted by Crippen LogP contribution is -2.45. The van der Waals surface area contributed by atoms with Gasteiger partial charge in [0.2, 0.25) is 11.8 Å². The molecule has 0 saturated heterocycles. The van der Waals surface area contributed by atoms with Crippen molar-refractivity contribution >= 4 is 29.7 Å². The summed E-state index contributed by atoms with van der Waals surface area (Å²) in [6.07, 6.45) is 1.07. The molecule has 3 aromatic carbocycles. The van der Waals surface area contributed by atoms with Gasteiger partial charge in [0.15, 0.2) is 5.92 Å². The summed E-state index contributed by atoms with van der Waals surface area (Å²) < 4.78 is 20.9. The molecule has 1 unspecified atom stereocenters. The molecule has 1 heterocycles. The van der Waals surface area contributed by atoms with Crippen molar-refractivity contribution in [3.63, 3.8) is 0 Å². The number of urea groups is 1. The Kier molecular flexibility index (Phi) is 8.95. The van der Waals surface area contributed by atoms with E-state index in [0.29, 0.717) is 29.1 Å². The first-order valence-corrected chi connectivity index (χ1v) is 13.1. The first-order chi connectivity index (χ1) is 19.6. The number of methoxy groups -OCH3 is 1. The van der Waals surface area contributed by atoms with Crippen LogP contribution in [0.2, 0.25) is 0 Å². The molecule has 2 N–H and O–H groups in total. The van der Waals surface area contributed by atoms with Crippen LogP contribution < -0.4 is 10.1 Å². The minimum Gasteiger partial charge on any atom is -0.496 e. The van der Waals surface area contributed by atoms with Gasteiger partial charge in [-0.3, -0.25) is 19.4 Å². The molecule has 214 valence electrons. The normalized spacial score (nSPS) is 15.0. The number of nitrogens with one attached hydrogen (secondary N) is 1. The molecule has 0 bridgehead atoms. The van der Waals surface area contributed by atoms with Crippen molar-refractivity contribution in [1.82, 2.24) is 9.80 Å². The molecule has 1 atom stereocenters. The van der Waals surface area contributed by atoms with Crippen molar-refractivity contribution in [2.45, 2.75) is 20.4 Å². The molecular weight excluding hydrogens is 527 g/mol. The van der Waals surface area contributed by atoms with Gasteiger partial charge in [-0.05, 0) is 72.5 Å². The number of hydrogen-bond donors (Lipinski definition) is 2. The number of nitrogens with zero attached hydrogens (tertiary/aromatic N) is 3. The van der Waals surface area contributed by atoms with Crippen LogP contribution >= 0.6 is 0 Å². The van der Waals surface area contributed by atoms with Crippen molar-refractivity contribution in [2.75, 3.05) is 39.7 Å². The number of benzene rings is 3. The predicted octanol–water partition coefficient (Wildman–Crippen LogP) is 4.43. The Hall–Kier alpha value is -4.41. The molecule has 0 spiro atoms. The van der Waals surface area contributed by atoms with E-state index in [9.17, 15) is 19.5 Å². The summed E-state index contributed by atoms with van der Waals surface area (Å²) in [4.78, 5) is 43.3. The summed E-state index contributed by atoms with van der Waals surface area (Å²) in [7, 11) is 4.59. The third kappa shape index (κ3) is 6.03. The second-order valence-electron chi connectivity index (χ2n) is 9.98. The molecule has 0 radical (unpaired) electrons. The largest absolute Gasteiger partial charge is 0.496 e. The number of anilines is 1. The Balaban J connectivity index is 1.68. The SMILES string of the molecule is COc1cc(-c2cccc(-c3cccc(NC(=O)C4C=NC(=O)N(C)C4=O)c3C)c2C)cc(F)c1CN(C)CCO. The topological polar surface area (TPSA) is 112 Å². The summed E-state index contributed by atoms with van der Waals surface area (Å²) >= 11 is 0. The van der Waals surface area contributed by atoms with Crippen molar-refractivity contribution in [2.24, 2.45) is 10.9 Å². The second kappa shape index (κ2) is 12.4. The first kappa shape index (κ1) is 29.6. The number of imide groups is 1. The van der Waals surface area contributed by atoms with E-state index in [-0.39, 0.29) is 13.2 Å². The van der Waals surface area contributed by atoms with Crippen molar-refractivity contribution in [1.29, 1.82) is 0 Å². The van der Waals surface area contributed by atoms with Gasteiger partial charge in [-0.25, -0.2) is 14.2 Å². The van der Waals surface area contributed by atoms with E-state index in [1.165, 1.54) is 20.2 Å². The van der Waals surface area contributed by atoms with Gasteiger partial charge in [-0.15, -0.1) is 0 Å². The number of likely N-dealkylation sites (N-methyl/N-ethyl adjacent to an activating group) is 1. The molecule has 0 aliphatic carbocycles. The Morgan fingerprint density at radius 3 is 2.44 bits per heavy atom. The summed E-state index contributed by atoms with van der Waals surface area (Å²) in [5.41, 5.74) is 5.83. The van der Waals surface area contributed by atoms with Crippen LogP contribution in [0.25, 0.3) is 22.3 Å². The second-order valence-corrected chi connectivity index (χ2v) is 9.98. The molecule has 1 aliphatic rings. The van der Waals surface area contributed by atoms with E-state index >= 15 is 4.39 Å². The van der Waals surface area contributed by atoms with E-state index in [2.05, 4.69) is 10.3 Å². The number of halogens is 1. The number of aliphatic hydroxyl groups is 1. The van der Waals surface area contributed by atoms with Crippen LogP contribution in [0.1, 0.15) is 16.7 Å². The lowest BCUT2D eigenvalue weighted by Gasteiger charge is -2.22. The van der Waals surface area contributed by atoms with Crippen LogP contribution in [0.4, 0.5) is 14.9 Å². The molecule has 41 heavy (non-hydrogen) atoms. The molecule has 4 amide bonds. The predicted molar refractivity (Wildman–Crippen MR) is 155 cm³/mol. The maximum Gasteiger partial charge on any atom is 0.349 e. The summed E-state index contributed by atoms with van der Waals surface area (Å²) in [5.74, 6) is -2.42. The zero-order valence-corrected chi connectivity index (χ0v) is 23.7. The Morgan fingerprint density at radius 1 is 1.10 bits per heavy atom. The van der Waals surface area contributed by atoms with Gasteiger partial charge in [0.1, 0.15) is 11.6 Å². The maximum absolute atomic E-state index is 15.3. The van der Waals surface area contributed by atoms with E-state index in [4.69, 9.17) is 4.74 Å². The molecule has 0 fully saturated rings. The number of amides is 4. The van der Waals surface area contributed by atoms with Gasteiger partial charge in [0.25, 0.3) is 0 Å². The third-order valence-electron chi connectivity index (χ3n) is 7.31. The Morgan fingerprint density at radius 2 is 1.76 bits per heavy atom. The molecule has 10 heteroatoms. The smallest absolute Gasteiger partial charge is 0.349 e. The van der Waals surface area contributed by atoms with Crippen molar-refractivity contribution in [3.8, 4) is 28.0 Å². The van der Waals surface area contributed by atoms with Gasteiger partial charge < -0.3 is 15.2 Å². The first-order valence-electron chi connectivity index (χ1n) is 13.1. The highest BCUT2D eigenvalue weighted by molar-refractivity contribution is 6.23. The van der Waals surface area contributed by atoms with Crippen LogP contribution in [-0.4, -0.2) is 73.3 Å². The zero-order valence-electron chi connectivity index (χ0n) is 23.7. The van der Waals surface area contributed by atoms with Crippen molar-refractivity contribution < 1.29 is 28.6 Å². The monoisotopic (exact) mass is 560 g/mol. The number of carbonyl (C=O) groups excluding carboxylic acids is 3. The van der Waals surface area contributed by atoms with Crippen LogP contribution in [0, 0.1) is 25.6 Å². The van der Waals surface area contributed by atoms with Crippen LogP contribution in [0.15, 0.2) is 53.5 Å². The highest BCUT2D eigenvalue weighted by atomic mass is 19.1. The minimum atomic E-state index is -1.21. The van der Waals surface area contributed by atoms with Crippen LogP contribution in [0.3, 0.4) is 0 Å². The number of aliphatic hydroxyl groups excluding tert-OH is 1. The van der Waals surface area contributed by atoms with E-state index in [1.54, 1.807) is 19.2 Å². The van der Waals surface area contributed by atoms with Gasteiger partial charge in [0, 0.05) is 37.6 Å². The average molecular weight is 561 g/mol. The fourth-order valence-corrected chi connectivity index (χ4v) is 4.91. The fraction of sp³-hybridized carbons (Fsp3) is 0.290. The maximum atomic E-state index is 15.3. The Labute approximate surface area is 238 Å². The highest BCUT2D eigenvalue weighted by Crippen LogP contribution is 2.38. The molecular formula is C31H33FN4O5. The standard InChI is InChI=1S/C31H33FN4O5/c1-18-21(20-14-26(32)25(28(15-20)41-5)17-35(3)12-13-37)8-6-9-22(18)23-10-7-11-27(19(23)2)34-29(38)24-16-33-31(40)36(4)30(24)39/h6-11,14-16,24,37H,12-13,17H2,1-5H3,(H,34,38). The number of rotatable bonds is 9. The number of hydrogen-bond acceptors (Lipinski definition) is 6. The highest BCUT2D eigenvalue weighted by Gasteiger charge is 2.34.